The standard InChI is InChI=1S/C28H52O2Si/c1-9-28(29)17-15-21-20(18-28)10-11-23-22(21)14-16-27(6)24(12-13-25(23)27)19(2)30-31(7,8)26(3,4)5/h19-25,29H,9-18H2,1-8H3/t19?,20-,21+,22-,23-,24-,25+,27-,28-/m1/s1. The molecule has 180 valence electrons. The molecular formula is C28H52O2Si. The third-order valence-electron chi connectivity index (χ3n) is 11.7. The van der Waals surface area contributed by atoms with Gasteiger partial charge >= 0.3 is 0 Å². The van der Waals surface area contributed by atoms with Gasteiger partial charge in [0, 0.05) is 6.10 Å². The Hall–Kier alpha value is 0.137. The van der Waals surface area contributed by atoms with Crippen LogP contribution in [0.15, 0.2) is 0 Å². The van der Waals surface area contributed by atoms with E-state index in [1.807, 2.05) is 0 Å². The highest BCUT2D eigenvalue weighted by Gasteiger charge is 2.59. The highest BCUT2D eigenvalue weighted by molar-refractivity contribution is 6.74. The lowest BCUT2D eigenvalue weighted by Gasteiger charge is -2.57. The maximum absolute atomic E-state index is 10.9. The summed E-state index contributed by atoms with van der Waals surface area (Å²) in [4.78, 5) is 0. The van der Waals surface area contributed by atoms with Gasteiger partial charge < -0.3 is 9.53 Å². The normalized spacial score (nSPS) is 46.7. The number of hydrogen-bond acceptors (Lipinski definition) is 2. The van der Waals surface area contributed by atoms with Gasteiger partial charge in [-0.2, -0.15) is 0 Å². The molecule has 2 nitrogen and oxygen atoms in total. The first kappa shape index (κ1) is 24.3. The molecule has 0 amide bonds. The predicted octanol–water partition coefficient (Wildman–Crippen LogP) is 7.81. The molecule has 4 aliphatic carbocycles. The first-order chi connectivity index (χ1) is 14.3. The summed E-state index contributed by atoms with van der Waals surface area (Å²) in [7, 11) is -1.72. The summed E-state index contributed by atoms with van der Waals surface area (Å²) in [6.07, 6.45) is 13.2. The van der Waals surface area contributed by atoms with Gasteiger partial charge in [0.25, 0.3) is 0 Å². The monoisotopic (exact) mass is 448 g/mol. The van der Waals surface area contributed by atoms with Crippen molar-refractivity contribution in [3.63, 3.8) is 0 Å². The number of hydrogen-bond donors (Lipinski definition) is 1. The highest BCUT2D eigenvalue weighted by atomic mass is 28.4. The Bertz CT molecular complexity index is 654. The summed E-state index contributed by atoms with van der Waals surface area (Å²) in [5.41, 5.74) is 0.126. The molecule has 9 atom stereocenters. The first-order valence-corrected chi connectivity index (χ1v) is 16.6. The maximum Gasteiger partial charge on any atom is 0.192 e. The molecule has 4 fully saturated rings. The van der Waals surface area contributed by atoms with Crippen molar-refractivity contribution in [1.82, 2.24) is 0 Å². The summed E-state index contributed by atoms with van der Waals surface area (Å²) < 4.78 is 6.97. The molecule has 0 radical (unpaired) electrons. The zero-order valence-electron chi connectivity index (χ0n) is 22.0. The van der Waals surface area contributed by atoms with Gasteiger partial charge in [0.2, 0.25) is 0 Å². The number of fused-ring (bicyclic) bond motifs is 5. The van der Waals surface area contributed by atoms with E-state index in [0.29, 0.717) is 11.5 Å². The second-order valence-corrected chi connectivity index (χ2v) is 18.8. The molecule has 0 saturated heterocycles. The smallest absolute Gasteiger partial charge is 0.192 e. The summed E-state index contributed by atoms with van der Waals surface area (Å²) in [5.74, 6) is 5.22. The molecule has 4 rings (SSSR count). The summed E-state index contributed by atoms with van der Waals surface area (Å²) in [5, 5.41) is 11.2. The largest absolute Gasteiger partial charge is 0.414 e. The van der Waals surface area contributed by atoms with E-state index in [9.17, 15) is 5.11 Å². The Morgan fingerprint density at radius 3 is 2.29 bits per heavy atom. The lowest BCUT2D eigenvalue weighted by atomic mass is 9.48. The van der Waals surface area contributed by atoms with Gasteiger partial charge in [-0.3, -0.25) is 0 Å². The third-order valence-corrected chi connectivity index (χ3v) is 16.3. The number of rotatable bonds is 4. The molecule has 0 aromatic heterocycles. The van der Waals surface area contributed by atoms with Crippen molar-refractivity contribution in [3.8, 4) is 0 Å². The molecule has 4 saturated carbocycles. The fourth-order valence-electron chi connectivity index (χ4n) is 8.82. The molecule has 0 aromatic carbocycles. The summed E-state index contributed by atoms with van der Waals surface area (Å²) in [6.45, 7) is 19.2. The van der Waals surface area contributed by atoms with Crippen molar-refractivity contribution in [3.05, 3.63) is 0 Å². The van der Waals surface area contributed by atoms with E-state index in [0.717, 1.165) is 54.8 Å². The third kappa shape index (κ3) is 4.12. The van der Waals surface area contributed by atoms with Gasteiger partial charge in [-0.1, -0.05) is 34.6 Å². The van der Waals surface area contributed by atoms with Crippen molar-refractivity contribution in [1.29, 1.82) is 0 Å². The predicted molar refractivity (Wildman–Crippen MR) is 134 cm³/mol. The molecule has 0 aliphatic heterocycles. The lowest BCUT2D eigenvalue weighted by molar-refractivity contribution is -0.111. The van der Waals surface area contributed by atoms with Crippen LogP contribution in [-0.4, -0.2) is 25.1 Å². The highest BCUT2D eigenvalue weighted by Crippen LogP contribution is 2.65. The minimum atomic E-state index is -1.72. The molecule has 0 aromatic rings. The van der Waals surface area contributed by atoms with E-state index in [-0.39, 0.29) is 10.6 Å². The van der Waals surface area contributed by atoms with Crippen LogP contribution >= 0.6 is 0 Å². The molecule has 0 bridgehead atoms. The van der Waals surface area contributed by atoms with E-state index in [1.54, 1.807) is 0 Å². The Morgan fingerprint density at radius 2 is 1.65 bits per heavy atom. The van der Waals surface area contributed by atoms with Crippen molar-refractivity contribution in [2.75, 3.05) is 0 Å². The van der Waals surface area contributed by atoms with E-state index >= 15 is 0 Å². The van der Waals surface area contributed by atoms with Gasteiger partial charge in [-0.15, -0.1) is 0 Å². The van der Waals surface area contributed by atoms with Gasteiger partial charge in [0.05, 0.1) is 5.60 Å². The van der Waals surface area contributed by atoms with Crippen LogP contribution in [0.5, 0.6) is 0 Å². The summed E-state index contributed by atoms with van der Waals surface area (Å²) in [6, 6.07) is 0. The van der Waals surface area contributed by atoms with Crippen molar-refractivity contribution < 1.29 is 9.53 Å². The second-order valence-electron chi connectivity index (χ2n) is 14.1. The van der Waals surface area contributed by atoms with E-state index < -0.39 is 8.32 Å². The second kappa shape index (κ2) is 8.12. The van der Waals surface area contributed by atoms with Crippen LogP contribution in [0.3, 0.4) is 0 Å². The Kier molecular flexibility index (Phi) is 6.36. The minimum absolute atomic E-state index is 0.289. The van der Waals surface area contributed by atoms with Crippen LogP contribution in [0.25, 0.3) is 0 Å². The van der Waals surface area contributed by atoms with Gasteiger partial charge in [0.15, 0.2) is 8.32 Å². The van der Waals surface area contributed by atoms with E-state index in [2.05, 4.69) is 54.6 Å². The Balaban J connectivity index is 1.47. The Labute approximate surface area is 194 Å². The molecule has 4 aliphatic rings. The zero-order chi connectivity index (χ0) is 22.8. The average Bonchev–Trinajstić information content (AvgIpc) is 3.03. The summed E-state index contributed by atoms with van der Waals surface area (Å²) >= 11 is 0. The van der Waals surface area contributed by atoms with E-state index in [4.69, 9.17) is 4.43 Å². The van der Waals surface area contributed by atoms with Crippen molar-refractivity contribution in [2.45, 2.75) is 136 Å². The molecule has 0 heterocycles. The van der Waals surface area contributed by atoms with Crippen LogP contribution in [0.1, 0.15) is 106 Å². The van der Waals surface area contributed by atoms with Crippen LogP contribution in [0, 0.1) is 40.9 Å². The SMILES string of the molecule is CC[C@@]1(O)CC[C@H]2[C@H](CC[C@@H]3[C@@H]2CC[C@]2(C)[C@@H](C(C)O[Si](C)(C)C(C)(C)C)CC[C@@H]32)C1. The van der Waals surface area contributed by atoms with Gasteiger partial charge in [-0.05, 0) is 130 Å². The molecule has 31 heavy (non-hydrogen) atoms. The fourth-order valence-corrected chi connectivity index (χ4v) is 10.3. The zero-order valence-corrected chi connectivity index (χ0v) is 23.0. The average molecular weight is 449 g/mol. The van der Waals surface area contributed by atoms with Crippen LogP contribution < -0.4 is 0 Å². The van der Waals surface area contributed by atoms with Crippen molar-refractivity contribution in [2.24, 2.45) is 40.9 Å². The first-order valence-electron chi connectivity index (χ1n) is 13.7. The van der Waals surface area contributed by atoms with Crippen LogP contribution in [-0.2, 0) is 4.43 Å². The van der Waals surface area contributed by atoms with Crippen molar-refractivity contribution >= 4 is 8.32 Å². The quantitative estimate of drug-likeness (QED) is 0.444. The molecule has 1 unspecified atom stereocenters. The molecule has 0 spiro atoms. The molecule has 3 heteroatoms. The molecular weight excluding hydrogens is 396 g/mol. The fraction of sp³-hybridized carbons (Fsp3) is 1.00. The number of aliphatic hydroxyl groups is 1. The Morgan fingerprint density at radius 1 is 0.968 bits per heavy atom. The maximum atomic E-state index is 10.9. The van der Waals surface area contributed by atoms with E-state index in [1.165, 1.54) is 44.9 Å². The molecule has 1 N–H and O–H groups in total. The lowest BCUT2D eigenvalue weighted by Crippen LogP contribution is -2.52. The van der Waals surface area contributed by atoms with Crippen LogP contribution in [0.2, 0.25) is 18.1 Å². The van der Waals surface area contributed by atoms with Crippen LogP contribution in [0.4, 0.5) is 0 Å². The van der Waals surface area contributed by atoms with Gasteiger partial charge in [0.1, 0.15) is 0 Å². The topological polar surface area (TPSA) is 29.5 Å². The van der Waals surface area contributed by atoms with Gasteiger partial charge in [-0.25, -0.2) is 0 Å². The minimum Gasteiger partial charge on any atom is -0.414 e.